The SMILES string of the molecule is CO[C@@H](/C=C/C(C)=C/[C@H](O[Si](C(C)C)(C(C)C)C(C)C)[C@H]1C[C@@H](CO)C[C@@](C)(Cc2n[c]([Sn]([CH3])([CH3])[CH3])co2)O1)CC#C[Si](C)(C)C. The number of methoxy groups -OCH3 is 1. The molecule has 9 heteroatoms. The van der Waals surface area contributed by atoms with Gasteiger partial charge in [0.2, 0.25) is 0 Å². The third-order valence-electron chi connectivity index (χ3n) is 9.31. The summed E-state index contributed by atoms with van der Waals surface area (Å²) in [6.45, 7) is 25.1. The average Bonchev–Trinajstić information content (AvgIpc) is 3.39. The predicted molar refractivity (Wildman–Crippen MR) is 202 cm³/mol. The van der Waals surface area contributed by atoms with E-state index in [2.05, 4.69) is 120 Å². The van der Waals surface area contributed by atoms with Crippen LogP contribution in [0.1, 0.15) is 80.5 Å². The summed E-state index contributed by atoms with van der Waals surface area (Å²) >= 11 is -2.37. The maximum Gasteiger partial charge on any atom is 0.129 e. The number of aliphatic hydroxyl groups excluding tert-OH is 1. The summed E-state index contributed by atoms with van der Waals surface area (Å²) in [5.41, 5.74) is 5.32. The van der Waals surface area contributed by atoms with Crippen LogP contribution in [-0.2, 0) is 20.3 Å². The first-order valence-electron chi connectivity index (χ1n) is 17.5. The Balaban J connectivity index is 2.52. The molecule has 1 aliphatic heterocycles. The quantitative estimate of drug-likeness (QED) is 0.109. The minimum Gasteiger partial charge on any atom is -0.132 e. The van der Waals surface area contributed by atoms with Gasteiger partial charge in [0.25, 0.3) is 0 Å². The van der Waals surface area contributed by atoms with Crippen molar-refractivity contribution in [1.82, 2.24) is 4.98 Å². The van der Waals surface area contributed by atoms with Crippen molar-refractivity contribution in [3.63, 3.8) is 0 Å². The molecule has 1 saturated heterocycles. The summed E-state index contributed by atoms with van der Waals surface area (Å²) in [4.78, 5) is 12.0. The summed E-state index contributed by atoms with van der Waals surface area (Å²) in [6, 6.07) is 0. The molecule has 0 radical (unpaired) electrons. The maximum absolute atomic E-state index is 10.5. The fraction of sp³-hybridized carbons (Fsp3) is 0.757. The molecule has 2 rings (SSSR count). The predicted octanol–water partition coefficient (Wildman–Crippen LogP) is 8.66. The summed E-state index contributed by atoms with van der Waals surface area (Å²) in [7, 11) is -1.96. The second-order valence-corrected chi connectivity index (χ2v) is 41.3. The van der Waals surface area contributed by atoms with E-state index in [9.17, 15) is 5.11 Å². The molecule has 0 saturated carbocycles. The number of rotatable bonds is 15. The van der Waals surface area contributed by atoms with Gasteiger partial charge in [0, 0.05) is 13.5 Å². The smallest absolute Gasteiger partial charge is 0.129 e. The van der Waals surface area contributed by atoms with Gasteiger partial charge in [0.1, 0.15) is 8.07 Å². The molecule has 1 fully saturated rings. The molecule has 1 N–H and O–H groups in total. The molecular formula is C37H67NO5Si2Sn. The Labute approximate surface area is 288 Å². The number of hydrogen-bond donors (Lipinski definition) is 1. The number of allylic oxidation sites excluding steroid dienone is 2. The van der Waals surface area contributed by atoms with E-state index in [0.717, 1.165) is 28.0 Å². The van der Waals surface area contributed by atoms with Gasteiger partial charge in [-0.3, -0.25) is 0 Å². The van der Waals surface area contributed by atoms with Gasteiger partial charge in [0.05, 0.1) is 6.10 Å². The third kappa shape index (κ3) is 12.0. The fourth-order valence-corrected chi connectivity index (χ4v) is 15.7. The van der Waals surface area contributed by atoms with Crippen molar-refractivity contribution in [2.24, 2.45) is 5.92 Å². The van der Waals surface area contributed by atoms with Gasteiger partial charge in [-0.05, 0) is 0 Å². The zero-order chi connectivity index (χ0) is 35.1. The number of aromatic nitrogens is 1. The topological polar surface area (TPSA) is 74.0 Å². The Bertz CT molecular complexity index is 1190. The third-order valence-corrected chi connectivity index (χ3v) is 21.4. The minimum atomic E-state index is -2.37. The number of aliphatic hydroxyl groups is 1. The van der Waals surface area contributed by atoms with Crippen molar-refractivity contribution in [2.45, 2.75) is 156 Å². The molecule has 46 heavy (non-hydrogen) atoms. The van der Waals surface area contributed by atoms with Gasteiger partial charge in [-0.2, -0.15) is 0 Å². The van der Waals surface area contributed by atoms with Crippen LogP contribution in [0.5, 0.6) is 0 Å². The number of ether oxygens (including phenoxy) is 2. The van der Waals surface area contributed by atoms with Gasteiger partial charge in [-0.15, -0.1) is 11.5 Å². The molecule has 262 valence electrons. The first-order chi connectivity index (χ1) is 21.2. The molecule has 1 aromatic heterocycles. The first-order valence-corrected chi connectivity index (χ1v) is 33.1. The van der Waals surface area contributed by atoms with Gasteiger partial charge in [0.15, 0.2) is 0 Å². The Hall–Kier alpha value is -0.678. The molecule has 1 aliphatic rings. The van der Waals surface area contributed by atoms with Crippen LogP contribution >= 0.6 is 0 Å². The van der Waals surface area contributed by atoms with Crippen molar-refractivity contribution < 1.29 is 23.4 Å². The van der Waals surface area contributed by atoms with Crippen molar-refractivity contribution in [2.75, 3.05) is 13.7 Å². The van der Waals surface area contributed by atoms with Crippen molar-refractivity contribution in [3.8, 4) is 11.5 Å². The molecule has 1 aromatic rings. The van der Waals surface area contributed by atoms with E-state index in [1.54, 1.807) is 7.11 Å². The van der Waals surface area contributed by atoms with Crippen LogP contribution in [0.2, 0.25) is 51.1 Å². The number of hydrogen-bond acceptors (Lipinski definition) is 6. The van der Waals surface area contributed by atoms with E-state index in [0.29, 0.717) is 29.5 Å². The zero-order valence-electron chi connectivity index (χ0n) is 31.9. The fourth-order valence-electron chi connectivity index (χ4n) is 7.08. The molecule has 2 heterocycles. The Morgan fingerprint density at radius 1 is 1.13 bits per heavy atom. The van der Waals surface area contributed by atoms with Crippen molar-refractivity contribution in [1.29, 1.82) is 0 Å². The Morgan fingerprint density at radius 2 is 1.74 bits per heavy atom. The Morgan fingerprint density at radius 3 is 2.22 bits per heavy atom. The van der Waals surface area contributed by atoms with E-state index in [1.807, 2.05) is 6.26 Å². The normalized spacial score (nSPS) is 23.3. The summed E-state index contributed by atoms with van der Waals surface area (Å²) < 4.78 is 27.5. The van der Waals surface area contributed by atoms with Crippen LogP contribution in [0.25, 0.3) is 0 Å². The van der Waals surface area contributed by atoms with Gasteiger partial charge < -0.3 is 4.74 Å². The summed E-state index contributed by atoms with van der Waals surface area (Å²) in [5, 5.41) is 10.5. The molecule has 0 amide bonds. The minimum absolute atomic E-state index is 0.0709. The largest absolute Gasteiger partial charge is 0.132 e. The monoisotopic (exact) mass is 781 g/mol. The molecule has 0 bridgehead atoms. The van der Waals surface area contributed by atoms with E-state index in [1.165, 1.54) is 0 Å². The van der Waals surface area contributed by atoms with E-state index < -0.39 is 40.4 Å². The molecule has 0 unspecified atom stereocenters. The molecule has 0 spiro atoms. The van der Waals surface area contributed by atoms with Crippen LogP contribution in [0, 0.1) is 17.4 Å². The van der Waals surface area contributed by atoms with Gasteiger partial charge >= 0.3 is 226 Å². The molecule has 0 aromatic carbocycles. The first kappa shape index (κ1) is 41.5. The van der Waals surface area contributed by atoms with E-state index in [4.69, 9.17) is 23.3 Å². The van der Waals surface area contributed by atoms with E-state index in [-0.39, 0.29) is 30.8 Å². The molecule has 0 aliphatic carbocycles. The second kappa shape index (κ2) is 17.3. The Kier molecular flexibility index (Phi) is 15.6. The molecule has 5 atom stereocenters. The summed E-state index contributed by atoms with van der Waals surface area (Å²) in [5.74, 6) is 4.19. The zero-order valence-corrected chi connectivity index (χ0v) is 36.8. The van der Waals surface area contributed by atoms with Crippen LogP contribution in [0.4, 0.5) is 0 Å². The second-order valence-electron chi connectivity index (χ2n) is 16.8. The maximum atomic E-state index is 10.5. The average molecular weight is 781 g/mol. The van der Waals surface area contributed by atoms with Gasteiger partial charge in [-0.25, -0.2) is 0 Å². The van der Waals surface area contributed by atoms with Gasteiger partial charge in [-0.1, -0.05) is 19.6 Å². The van der Waals surface area contributed by atoms with Crippen LogP contribution < -0.4 is 3.71 Å². The van der Waals surface area contributed by atoms with E-state index >= 15 is 0 Å². The molecular weight excluding hydrogens is 713 g/mol. The number of oxazole rings is 1. The number of nitrogens with zero attached hydrogens (tertiary/aromatic N) is 1. The van der Waals surface area contributed by atoms with Crippen molar-refractivity contribution >= 4 is 38.5 Å². The molecule has 6 nitrogen and oxygen atoms in total. The standard InChI is InChI=1S/C34H58NO5Si2.3CH3.Sn/c1-25(2)42(26(3)4,27(5)6)40-32(20-28(7)15-16-30(37-9)14-13-19-41(10,11)12)31-21-29(24-36)22-34(8,39-31)23-33-35-17-18-38-33;;;;/h15-16,18,20,25-27,29-32,36H,14,21-24H2,1-12H3;3*1H3;/b16-15+,28-20+;;;;/t29-,30-,31-,32+,34+;;;;/m1..../s1. The summed E-state index contributed by atoms with van der Waals surface area (Å²) in [6.07, 6.45) is 10.6. The van der Waals surface area contributed by atoms with Crippen LogP contribution in [-0.4, -0.2) is 82.5 Å². The van der Waals surface area contributed by atoms with Crippen LogP contribution in [0.3, 0.4) is 0 Å². The van der Waals surface area contributed by atoms with Crippen molar-refractivity contribution in [3.05, 3.63) is 36.0 Å². The van der Waals surface area contributed by atoms with Crippen LogP contribution in [0.15, 0.2) is 34.5 Å².